The van der Waals surface area contributed by atoms with Gasteiger partial charge in [0.05, 0.1) is 5.75 Å². The fraction of sp³-hybridized carbons (Fsp3) is 0.500. The third-order valence-corrected chi connectivity index (χ3v) is 3.99. The van der Waals surface area contributed by atoms with Gasteiger partial charge in [-0.1, -0.05) is 18.5 Å². The van der Waals surface area contributed by atoms with Crippen LogP contribution in [0.1, 0.15) is 6.92 Å². The summed E-state index contributed by atoms with van der Waals surface area (Å²) in [6, 6.07) is 0. The molecule has 1 heterocycles. The molecule has 0 aromatic carbocycles. The molecule has 0 saturated carbocycles. The molecule has 0 fully saturated rings. The van der Waals surface area contributed by atoms with Crippen LogP contribution in [0.2, 0.25) is 5.15 Å². The molecule has 1 aromatic heterocycles. The number of nitrogens with two attached hydrogens (primary N) is 1. The lowest BCUT2D eigenvalue weighted by Crippen LogP contribution is -2.18. The summed E-state index contributed by atoms with van der Waals surface area (Å²) in [6.45, 7) is 1.85. The van der Waals surface area contributed by atoms with E-state index in [0.29, 0.717) is 5.82 Å². The van der Waals surface area contributed by atoms with Gasteiger partial charge < -0.3 is 11.1 Å². The van der Waals surface area contributed by atoms with E-state index in [1.807, 2.05) is 0 Å². The molecule has 0 amide bonds. The van der Waals surface area contributed by atoms with Gasteiger partial charge in [-0.3, -0.25) is 0 Å². The molecule has 1 rings (SSSR count). The molecule has 0 aliphatic rings. The molecular formula is C8H13ClN4O2S. The van der Waals surface area contributed by atoms with Crippen molar-refractivity contribution in [2.75, 3.05) is 29.1 Å². The molecule has 90 valence electrons. The maximum atomic E-state index is 11.2. The molecule has 16 heavy (non-hydrogen) atoms. The monoisotopic (exact) mass is 264 g/mol. The summed E-state index contributed by atoms with van der Waals surface area (Å²) in [6.07, 6.45) is 1.26. The Balaban J connectivity index is 2.59. The van der Waals surface area contributed by atoms with Gasteiger partial charge in [-0.2, -0.15) is 0 Å². The molecule has 8 heteroatoms. The lowest BCUT2D eigenvalue weighted by atomic mass is 10.5. The van der Waals surface area contributed by atoms with Crippen LogP contribution in [0.4, 0.5) is 11.5 Å². The molecule has 0 saturated heterocycles. The van der Waals surface area contributed by atoms with Crippen molar-refractivity contribution in [3.8, 4) is 0 Å². The Morgan fingerprint density at radius 1 is 1.50 bits per heavy atom. The van der Waals surface area contributed by atoms with E-state index < -0.39 is 9.84 Å². The van der Waals surface area contributed by atoms with Crippen LogP contribution in [-0.2, 0) is 9.84 Å². The smallest absolute Gasteiger partial charge is 0.157 e. The van der Waals surface area contributed by atoms with Crippen LogP contribution < -0.4 is 11.1 Å². The number of hydrogen-bond acceptors (Lipinski definition) is 6. The first-order valence-electron chi connectivity index (χ1n) is 4.66. The van der Waals surface area contributed by atoms with E-state index in [0.717, 1.165) is 0 Å². The van der Waals surface area contributed by atoms with E-state index in [1.165, 1.54) is 6.33 Å². The second kappa shape index (κ2) is 5.31. The van der Waals surface area contributed by atoms with Crippen LogP contribution in [0, 0.1) is 0 Å². The van der Waals surface area contributed by atoms with Crippen LogP contribution in [-0.4, -0.2) is 36.4 Å². The number of sulfone groups is 1. The summed E-state index contributed by atoms with van der Waals surface area (Å²) < 4.78 is 22.4. The lowest BCUT2D eigenvalue weighted by Gasteiger charge is -2.08. The van der Waals surface area contributed by atoms with Crippen LogP contribution in [0.3, 0.4) is 0 Å². The Bertz CT molecular complexity index is 463. The predicted octanol–water partition coefficient (Wildman–Crippen LogP) is 0.559. The van der Waals surface area contributed by atoms with Crippen LogP contribution in [0.5, 0.6) is 0 Å². The second-order valence-corrected chi connectivity index (χ2v) is 5.92. The van der Waals surface area contributed by atoms with Crippen molar-refractivity contribution in [1.29, 1.82) is 0 Å². The van der Waals surface area contributed by atoms with Gasteiger partial charge in [0.2, 0.25) is 0 Å². The topological polar surface area (TPSA) is 98.0 Å². The number of aromatic nitrogens is 2. The molecule has 0 unspecified atom stereocenters. The van der Waals surface area contributed by atoms with E-state index in [1.54, 1.807) is 6.92 Å². The fourth-order valence-corrected chi connectivity index (χ4v) is 1.82. The average molecular weight is 265 g/mol. The minimum absolute atomic E-state index is 0.0323. The average Bonchev–Trinajstić information content (AvgIpc) is 2.24. The van der Waals surface area contributed by atoms with E-state index in [-0.39, 0.29) is 28.9 Å². The second-order valence-electron chi connectivity index (χ2n) is 3.09. The normalized spacial score (nSPS) is 11.4. The summed E-state index contributed by atoms with van der Waals surface area (Å²) in [5.74, 6) is 0.505. The van der Waals surface area contributed by atoms with Gasteiger partial charge in [0.15, 0.2) is 20.8 Å². The summed E-state index contributed by atoms with van der Waals surface area (Å²) in [4.78, 5) is 7.54. The maximum absolute atomic E-state index is 11.2. The van der Waals surface area contributed by atoms with Gasteiger partial charge in [-0.15, -0.1) is 0 Å². The Kier molecular flexibility index (Phi) is 4.31. The van der Waals surface area contributed by atoms with Gasteiger partial charge in [0, 0.05) is 12.3 Å². The molecule has 0 atom stereocenters. The third-order valence-electron chi connectivity index (χ3n) is 1.98. The molecule has 0 aliphatic heterocycles. The number of rotatable bonds is 5. The summed E-state index contributed by atoms with van der Waals surface area (Å²) >= 11 is 5.68. The number of nitrogen functional groups attached to an aromatic ring is 1. The van der Waals surface area contributed by atoms with Crippen molar-refractivity contribution >= 4 is 32.9 Å². The number of anilines is 2. The van der Waals surface area contributed by atoms with Crippen molar-refractivity contribution in [1.82, 2.24) is 9.97 Å². The molecule has 0 spiro atoms. The highest BCUT2D eigenvalue weighted by Gasteiger charge is 2.09. The van der Waals surface area contributed by atoms with Gasteiger partial charge in [0.1, 0.15) is 12.0 Å². The minimum atomic E-state index is -2.99. The van der Waals surface area contributed by atoms with Crippen molar-refractivity contribution < 1.29 is 8.42 Å². The Morgan fingerprint density at radius 3 is 2.81 bits per heavy atom. The van der Waals surface area contributed by atoms with E-state index >= 15 is 0 Å². The van der Waals surface area contributed by atoms with E-state index in [4.69, 9.17) is 17.3 Å². The molecular weight excluding hydrogens is 252 g/mol. The first-order chi connectivity index (χ1) is 7.46. The quantitative estimate of drug-likeness (QED) is 0.754. The first kappa shape index (κ1) is 13.0. The number of nitrogens with zero attached hydrogens (tertiary/aromatic N) is 2. The maximum Gasteiger partial charge on any atom is 0.157 e. The molecule has 3 N–H and O–H groups in total. The van der Waals surface area contributed by atoms with Gasteiger partial charge in [-0.25, -0.2) is 18.4 Å². The number of halogens is 1. The van der Waals surface area contributed by atoms with Crippen LogP contribution in [0.15, 0.2) is 6.33 Å². The zero-order valence-corrected chi connectivity index (χ0v) is 10.3. The van der Waals surface area contributed by atoms with Crippen LogP contribution in [0.25, 0.3) is 0 Å². The summed E-state index contributed by atoms with van der Waals surface area (Å²) in [5.41, 5.74) is 5.82. The van der Waals surface area contributed by atoms with Gasteiger partial charge >= 0.3 is 0 Å². The Hall–Kier alpha value is -1.08. The summed E-state index contributed by atoms with van der Waals surface area (Å²) in [5, 5.41) is 2.95. The largest absolute Gasteiger partial charge is 0.393 e. The number of hydrogen-bond donors (Lipinski definition) is 2. The molecule has 0 aliphatic carbocycles. The Morgan fingerprint density at radius 2 is 2.19 bits per heavy atom. The van der Waals surface area contributed by atoms with Crippen molar-refractivity contribution in [2.24, 2.45) is 0 Å². The SMILES string of the molecule is CCS(=O)(=O)CCNc1ncnc(Cl)c1N. The fourth-order valence-electron chi connectivity index (χ4n) is 0.984. The van der Waals surface area contributed by atoms with Crippen molar-refractivity contribution in [2.45, 2.75) is 6.92 Å². The van der Waals surface area contributed by atoms with Crippen molar-refractivity contribution in [3.63, 3.8) is 0 Å². The lowest BCUT2D eigenvalue weighted by molar-refractivity contribution is 0.597. The van der Waals surface area contributed by atoms with Crippen LogP contribution >= 0.6 is 11.6 Å². The Labute approximate surface area is 99.1 Å². The van der Waals surface area contributed by atoms with Crippen molar-refractivity contribution in [3.05, 3.63) is 11.5 Å². The molecule has 0 bridgehead atoms. The standard InChI is InChI=1S/C8H13ClN4O2S/c1-2-16(14,15)4-3-11-8-6(10)7(9)12-5-13-8/h5H,2-4,10H2,1H3,(H,11,12,13). The highest BCUT2D eigenvalue weighted by atomic mass is 35.5. The van der Waals surface area contributed by atoms with E-state index in [2.05, 4.69) is 15.3 Å². The molecule has 1 aromatic rings. The van der Waals surface area contributed by atoms with E-state index in [9.17, 15) is 8.42 Å². The predicted molar refractivity (Wildman–Crippen MR) is 64.3 cm³/mol. The molecule has 0 radical (unpaired) electrons. The summed E-state index contributed by atoms with van der Waals surface area (Å²) in [7, 11) is -2.99. The minimum Gasteiger partial charge on any atom is -0.393 e. The zero-order chi connectivity index (χ0) is 12.2. The first-order valence-corrected chi connectivity index (χ1v) is 6.86. The highest BCUT2D eigenvalue weighted by molar-refractivity contribution is 7.91. The number of nitrogens with one attached hydrogen (secondary N) is 1. The van der Waals surface area contributed by atoms with Gasteiger partial charge in [0.25, 0.3) is 0 Å². The zero-order valence-electron chi connectivity index (χ0n) is 8.77. The third kappa shape index (κ3) is 3.49. The van der Waals surface area contributed by atoms with Gasteiger partial charge in [-0.05, 0) is 0 Å². The molecule has 6 nitrogen and oxygen atoms in total. The highest BCUT2D eigenvalue weighted by Crippen LogP contribution is 2.21.